The maximum atomic E-state index is 12.3. The fraction of sp³-hybridized carbons (Fsp3) is 0.368. The van der Waals surface area contributed by atoms with Gasteiger partial charge in [-0.3, -0.25) is 14.6 Å². The largest absolute Gasteiger partial charge is 0.468 e. The first-order valence-electron chi connectivity index (χ1n) is 8.54. The molecule has 0 atom stereocenters. The number of pyridine rings is 2. The van der Waals surface area contributed by atoms with E-state index in [0.717, 1.165) is 0 Å². The second kappa shape index (κ2) is 9.29. The highest BCUT2D eigenvalue weighted by molar-refractivity contribution is 5.94. The van der Waals surface area contributed by atoms with Crippen molar-refractivity contribution < 1.29 is 27.5 Å². The Labute approximate surface area is 160 Å². The van der Waals surface area contributed by atoms with Crippen LogP contribution in [0.3, 0.4) is 0 Å². The van der Waals surface area contributed by atoms with E-state index in [9.17, 15) is 22.8 Å². The molecular weight excluding hydrogens is 375 g/mol. The standard InChI is InChI=1S/C19H20F3N3O3/c1-12(2)16(26)8-15-7-14(5-6-23-15)18(27)25-10-13-3-4-17(24-9-13)28-11-19(20,21)22/h3-7,9,12H,8,10-11H2,1-2H3,(H,25,27). The average molecular weight is 395 g/mol. The van der Waals surface area contributed by atoms with Crippen LogP contribution >= 0.6 is 0 Å². The van der Waals surface area contributed by atoms with Gasteiger partial charge in [0, 0.05) is 48.6 Å². The van der Waals surface area contributed by atoms with E-state index in [1.54, 1.807) is 19.9 Å². The van der Waals surface area contributed by atoms with Crippen LogP contribution in [0.1, 0.15) is 35.5 Å². The van der Waals surface area contributed by atoms with E-state index >= 15 is 0 Å². The van der Waals surface area contributed by atoms with Crippen molar-refractivity contribution in [3.63, 3.8) is 0 Å². The molecule has 2 rings (SSSR count). The number of rotatable bonds is 8. The lowest BCUT2D eigenvalue weighted by Gasteiger charge is -2.09. The van der Waals surface area contributed by atoms with Gasteiger partial charge in [0.1, 0.15) is 5.78 Å². The van der Waals surface area contributed by atoms with Gasteiger partial charge >= 0.3 is 6.18 Å². The molecule has 0 radical (unpaired) electrons. The van der Waals surface area contributed by atoms with Crippen LogP contribution < -0.4 is 10.1 Å². The summed E-state index contributed by atoms with van der Waals surface area (Å²) >= 11 is 0. The number of halogens is 3. The van der Waals surface area contributed by atoms with Crippen LogP contribution in [0.2, 0.25) is 0 Å². The molecule has 0 saturated carbocycles. The van der Waals surface area contributed by atoms with Crippen molar-refractivity contribution in [1.82, 2.24) is 15.3 Å². The van der Waals surface area contributed by atoms with E-state index in [1.165, 1.54) is 30.6 Å². The molecule has 150 valence electrons. The summed E-state index contributed by atoms with van der Waals surface area (Å²) < 4.78 is 40.8. The number of carbonyl (C=O) groups excluding carboxylic acids is 2. The maximum Gasteiger partial charge on any atom is 0.422 e. The monoisotopic (exact) mass is 395 g/mol. The van der Waals surface area contributed by atoms with Gasteiger partial charge in [0.15, 0.2) is 6.61 Å². The minimum atomic E-state index is -4.43. The lowest BCUT2D eigenvalue weighted by Crippen LogP contribution is -2.23. The van der Waals surface area contributed by atoms with E-state index in [0.29, 0.717) is 16.8 Å². The molecule has 6 nitrogen and oxygen atoms in total. The van der Waals surface area contributed by atoms with Crippen LogP contribution in [0.4, 0.5) is 13.2 Å². The van der Waals surface area contributed by atoms with Crippen LogP contribution in [-0.4, -0.2) is 34.4 Å². The number of ketones is 1. The number of nitrogens with zero attached hydrogens (tertiary/aromatic N) is 2. The summed E-state index contributed by atoms with van der Waals surface area (Å²) in [6.07, 6.45) is -1.49. The molecule has 0 bridgehead atoms. The van der Waals surface area contributed by atoms with Gasteiger partial charge in [0.2, 0.25) is 5.88 Å². The molecule has 2 heterocycles. The third-order valence-corrected chi connectivity index (χ3v) is 3.71. The molecule has 2 aromatic rings. The van der Waals surface area contributed by atoms with Crippen molar-refractivity contribution in [3.05, 3.63) is 53.5 Å². The molecule has 0 aliphatic rings. The summed E-state index contributed by atoms with van der Waals surface area (Å²) in [5.41, 5.74) is 1.47. The molecule has 1 amide bonds. The number of hydrogen-bond donors (Lipinski definition) is 1. The van der Waals surface area contributed by atoms with Gasteiger partial charge in [-0.05, 0) is 17.7 Å². The zero-order valence-electron chi connectivity index (χ0n) is 15.4. The molecule has 28 heavy (non-hydrogen) atoms. The SMILES string of the molecule is CC(C)C(=O)Cc1cc(C(=O)NCc2ccc(OCC(F)(F)F)nc2)ccn1. The summed E-state index contributed by atoms with van der Waals surface area (Å²) in [5.74, 6) is -0.599. The topological polar surface area (TPSA) is 81.2 Å². The fourth-order valence-electron chi connectivity index (χ4n) is 2.14. The summed E-state index contributed by atoms with van der Waals surface area (Å²) in [6.45, 7) is 2.31. The molecule has 0 spiro atoms. The summed E-state index contributed by atoms with van der Waals surface area (Å²) in [4.78, 5) is 32.0. The van der Waals surface area contributed by atoms with Gasteiger partial charge in [-0.2, -0.15) is 13.2 Å². The highest BCUT2D eigenvalue weighted by Crippen LogP contribution is 2.17. The van der Waals surface area contributed by atoms with Crippen molar-refractivity contribution in [2.45, 2.75) is 33.0 Å². The van der Waals surface area contributed by atoms with Crippen molar-refractivity contribution in [1.29, 1.82) is 0 Å². The molecule has 0 unspecified atom stereocenters. The second-order valence-corrected chi connectivity index (χ2v) is 6.42. The molecule has 2 aromatic heterocycles. The van der Waals surface area contributed by atoms with Crippen LogP contribution in [-0.2, 0) is 17.8 Å². The number of Topliss-reactive ketones (excluding diaryl/α,β-unsaturated/α-hetero) is 1. The third-order valence-electron chi connectivity index (χ3n) is 3.71. The molecule has 0 aliphatic heterocycles. The van der Waals surface area contributed by atoms with Gasteiger partial charge < -0.3 is 10.1 Å². The van der Waals surface area contributed by atoms with Crippen LogP contribution in [0.25, 0.3) is 0 Å². The second-order valence-electron chi connectivity index (χ2n) is 6.42. The normalized spacial score (nSPS) is 11.4. The van der Waals surface area contributed by atoms with Gasteiger partial charge in [0.25, 0.3) is 5.91 Å². The zero-order chi connectivity index (χ0) is 20.7. The summed E-state index contributed by atoms with van der Waals surface area (Å²) in [6, 6.07) is 5.90. The molecule has 1 N–H and O–H groups in total. The summed E-state index contributed by atoms with van der Waals surface area (Å²) in [5, 5.41) is 2.68. The van der Waals surface area contributed by atoms with Crippen molar-refractivity contribution >= 4 is 11.7 Å². The van der Waals surface area contributed by atoms with E-state index in [2.05, 4.69) is 20.0 Å². The zero-order valence-corrected chi connectivity index (χ0v) is 15.4. The van der Waals surface area contributed by atoms with E-state index in [-0.39, 0.29) is 36.5 Å². The Hall–Kier alpha value is -2.97. The first kappa shape index (κ1) is 21.3. The minimum Gasteiger partial charge on any atom is -0.468 e. The average Bonchev–Trinajstić information content (AvgIpc) is 2.64. The molecule has 0 aromatic carbocycles. The first-order valence-corrected chi connectivity index (χ1v) is 8.54. The lowest BCUT2D eigenvalue weighted by molar-refractivity contribution is -0.154. The van der Waals surface area contributed by atoms with Gasteiger partial charge in [0.05, 0.1) is 0 Å². The van der Waals surface area contributed by atoms with Crippen LogP contribution in [0, 0.1) is 5.92 Å². The summed E-state index contributed by atoms with van der Waals surface area (Å²) in [7, 11) is 0. The highest BCUT2D eigenvalue weighted by atomic mass is 19.4. The predicted octanol–water partition coefficient (Wildman–Crippen LogP) is 3.12. The maximum absolute atomic E-state index is 12.3. The number of amides is 1. The van der Waals surface area contributed by atoms with Crippen molar-refractivity contribution in [2.24, 2.45) is 5.92 Å². The molecule has 9 heteroatoms. The Kier molecular flexibility index (Phi) is 7.08. The molecular formula is C19H20F3N3O3. The van der Waals surface area contributed by atoms with Crippen LogP contribution in [0.5, 0.6) is 5.88 Å². The van der Waals surface area contributed by atoms with Crippen molar-refractivity contribution in [3.8, 4) is 5.88 Å². The quantitative estimate of drug-likeness (QED) is 0.743. The number of ether oxygens (including phenoxy) is 1. The van der Waals surface area contributed by atoms with Gasteiger partial charge in [-0.15, -0.1) is 0 Å². The minimum absolute atomic E-state index is 0.0314. The molecule has 0 aliphatic carbocycles. The number of aromatic nitrogens is 2. The van der Waals surface area contributed by atoms with Crippen LogP contribution in [0.15, 0.2) is 36.7 Å². The number of nitrogens with one attached hydrogen (secondary N) is 1. The van der Waals surface area contributed by atoms with Gasteiger partial charge in [-0.25, -0.2) is 4.98 Å². The Balaban J connectivity index is 1.90. The van der Waals surface area contributed by atoms with E-state index in [4.69, 9.17) is 0 Å². The number of hydrogen-bond acceptors (Lipinski definition) is 5. The Morgan fingerprint density at radius 2 is 1.93 bits per heavy atom. The number of alkyl halides is 3. The molecule has 0 fully saturated rings. The van der Waals surface area contributed by atoms with Gasteiger partial charge in [-0.1, -0.05) is 19.9 Å². The molecule has 0 saturated heterocycles. The number of carbonyl (C=O) groups is 2. The Morgan fingerprint density at radius 1 is 1.18 bits per heavy atom. The Bertz CT molecular complexity index is 821. The van der Waals surface area contributed by atoms with E-state index in [1.807, 2.05) is 0 Å². The predicted molar refractivity (Wildman–Crippen MR) is 94.7 cm³/mol. The smallest absolute Gasteiger partial charge is 0.422 e. The van der Waals surface area contributed by atoms with E-state index < -0.39 is 12.8 Å². The first-order chi connectivity index (χ1) is 13.1. The Morgan fingerprint density at radius 3 is 2.54 bits per heavy atom. The third kappa shape index (κ3) is 6.98. The highest BCUT2D eigenvalue weighted by Gasteiger charge is 2.28. The fourth-order valence-corrected chi connectivity index (χ4v) is 2.14. The lowest BCUT2D eigenvalue weighted by atomic mass is 10.0. The van der Waals surface area contributed by atoms with Crippen molar-refractivity contribution in [2.75, 3.05) is 6.61 Å².